The average Bonchev–Trinajstić information content (AvgIpc) is 3.37. The lowest BCUT2D eigenvalue weighted by atomic mass is 9.96. The van der Waals surface area contributed by atoms with Gasteiger partial charge in [-0.3, -0.25) is 0 Å². The predicted octanol–water partition coefficient (Wildman–Crippen LogP) is 3.13. The number of allylic oxidation sites excluding steroid dienone is 1. The normalized spacial score (nSPS) is 18.2. The third kappa shape index (κ3) is 4.75. The van der Waals surface area contributed by atoms with E-state index in [1.807, 2.05) is 19.9 Å². The molecule has 3 atom stereocenters. The molecule has 3 aromatic rings. The molecule has 9 nitrogen and oxygen atoms in total. The molecule has 172 valence electrons. The molecule has 0 saturated heterocycles. The Morgan fingerprint density at radius 3 is 2.61 bits per heavy atom. The van der Waals surface area contributed by atoms with E-state index < -0.39 is 5.23 Å². The van der Waals surface area contributed by atoms with Crippen molar-refractivity contribution in [2.75, 3.05) is 12.4 Å². The van der Waals surface area contributed by atoms with Gasteiger partial charge in [0.05, 0.1) is 12.8 Å². The number of aryl methyl sites for hydroxylation is 1. The summed E-state index contributed by atoms with van der Waals surface area (Å²) in [7, 11) is 1.59. The molecule has 0 aliphatic heterocycles. The fourth-order valence-corrected chi connectivity index (χ4v) is 4.30. The maximum absolute atomic E-state index is 12.4. The molecule has 1 aliphatic rings. The largest absolute Gasteiger partial charge is 0.595 e. The van der Waals surface area contributed by atoms with Gasteiger partial charge in [-0.05, 0) is 50.6 Å². The summed E-state index contributed by atoms with van der Waals surface area (Å²) in [5.41, 5.74) is 4.19. The molecule has 0 saturated carbocycles. The van der Waals surface area contributed by atoms with Crippen LogP contribution in [0.3, 0.4) is 0 Å². The first-order valence-electron chi connectivity index (χ1n) is 10.7. The van der Waals surface area contributed by atoms with E-state index in [2.05, 4.69) is 21.8 Å². The Kier molecular flexibility index (Phi) is 6.45. The van der Waals surface area contributed by atoms with Crippen molar-refractivity contribution in [2.45, 2.75) is 32.2 Å². The zero-order chi connectivity index (χ0) is 23.5. The fourth-order valence-electron chi connectivity index (χ4n) is 4.30. The van der Waals surface area contributed by atoms with Crippen molar-refractivity contribution >= 4 is 17.4 Å². The number of rotatable bonds is 6. The van der Waals surface area contributed by atoms with Crippen LogP contribution in [0.15, 0.2) is 60.7 Å². The number of carbonyl (C=O) groups excluding carboxylic acids is 1. The number of aromatic nitrogens is 2. The van der Waals surface area contributed by atoms with Gasteiger partial charge in [-0.15, -0.1) is 0 Å². The maximum atomic E-state index is 12.4. The lowest BCUT2D eigenvalue weighted by Crippen LogP contribution is -2.99. The topological polar surface area (TPSA) is 116 Å². The van der Waals surface area contributed by atoms with Crippen molar-refractivity contribution in [1.82, 2.24) is 15.1 Å². The summed E-state index contributed by atoms with van der Waals surface area (Å²) in [5.74, 6) is 0.793. The molecule has 0 radical (unpaired) electrons. The third-order valence-corrected chi connectivity index (χ3v) is 5.83. The predicted molar refractivity (Wildman–Crippen MR) is 124 cm³/mol. The zero-order valence-corrected chi connectivity index (χ0v) is 18.7. The summed E-state index contributed by atoms with van der Waals surface area (Å²) < 4.78 is 6.82. The van der Waals surface area contributed by atoms with Gasteiger partial charge in [0.1, 0.15) is 11.4 Å². The minimum Gasteiger partial charge on any atom is -0.595 e. The summed E-state index contributed by atoms with van der Waals surface area (Å²) in [6.45, 7) is 3.87. The van der Waals surface area contributed by atoms with Crippen LogP contribution >= 0.6 is 0 Å². The molecule has 1 aromatic heterocycles. The smallest absolute Gasteiger partial charge is 0.319 e. The van der Waals surface area contributed by atoms with Crippen LogP contribution in [0.4, 0.5) is 16.2 Å². The lowest BCUT2D eigenvalue weighted by molar-refractivity contribution is -0.991. The van der Waals surface area contributed by atoms with Crippen molar-refractivity contribution < 1.29 is 20.0 Å². The number of hydrogen-bond acceptors (Lipinski definition) is 5. The number of nitrogens with zero attached hydrogens (tertiary/aromatic N) is 2. The van der Waals surface area contributed by atoms with Crippen molar-refractivity contribution in [3.63, 3.8) is 0 Å². The Labute approximate surface area is 191 Å². The first-order valence-corrected chi connectivity index (χ1v) is 10.7. The molecule has 9 heteroatoms. The van der Waals surface area contributed by atoms with Gasteiger partial charge in [-0.1, -0.05) is 24.3 Å². The number of quaternary nitrogens is 1. The lowest BCUT2D eigenvalue weighted by Gasteiger charge is -2.17. The van der Waals surface area contributed by atoms with E-state index >= 15 is 0 Å². The molecule has 1 heterocycles. The third-order valence-electron chi connectivity index (χ3n) is 5.83. The second kappa shape index (κ2) is 9.45. The van der Waals surface area contributed by atoms with Gasteiger partial charge in [0.25, 0.3) is 0 Å². The second-order valence-corrected chi connectivity index (χ2v) is 7.98. The summed E-state index contributed by atoms with van der Waals surface area (Å²) in [6, 6.07) is 13.6. The molecule has 2 amide bonds. The van der Waals surface area contributed by atoms with Crippen LogP contribution < -0.4 is 20.6 Å². The number of carbonyl (C=O) groups is 1. The van der Waals surface area contributed by atoms with E-state index in [-0.39, 0.29) is 23.7 Å². The van der Waals surface area contributed by atoms with Crippen LogP contribution in [-0.2, 0) is 0 Å². The number of para-hydroxylation sites is 2. The Morgan fingerprint density at radius 1 is 1.18 bits per heavy atom. The van der Waals surface area contributed by atoms with Gasteiger partial charge in [0, 0.05) is 35.0 Å². The van der Waals surface area contributed by atoms with E-state index in [0.717, 1.165) is 22.7 Å². The summed E-state index contributed by atoms with van der Waals surface area (Å²) >= 11 is 0. The second-order valence-electron chi connectivity index (χ2n) is 7.98. The number of amides is 2. The Balaban J connectivity index is 1.45. The highest BCUT2D eigenvalue weighted by molar-refractivity contribution is 5.89. The number of nitrogens with one attached hydrogen (secondary N) is 3. The molecule has 33 heavy (non-hydrogen) atoms. The molecule has 0 bridgehead atoms. The first-order chi connectivity index (χ1) is 15.9. The highest BCUT2D eigenvalue weighted by Crippen LogP contribution is 2.34. The Hall–Kier alpha value is -3.66. The van der Waals surface area contributed by atoms with E-state index in [4.69, 9.17) is 4.74 Å². The van der Waals surface area contributed by atoms with Crippen LogP contribution in [0.2, 0.25) is 0 Å². The molecule has 0 fully saturated rings. The van der Waals surface area contributed by atoms with Gasteiger partial charge >= 0.3 is 6.03 Å². The highest BCUT2D eigenvalue weighted by atomic mass is 16.8. The first kappa shape index (κ1) is 22.5. The Morgan fingerprint density at radius 2 is 1.91 bits per heavy atom. The van der Waals surface area contributed by atoms with E-state index in [0.29, 0.717) is 17.8 Å². The highest BCUT2D eigenvalue weighted by Gasteiger charge is 2.28. The van der Waals surface area contributed by atoms with Crippen LogP contribution in [0, 0.1) is 19.1 Å². The van der Waals surface area contributed by atoms with E-state index in [9.17, 15) is 15.2 Å². The number of ether oxygens (including phenoxy) is 1. The monoisotopic (exact) mass is 449 g/mol. The van der Waals surface area contributed by atoms with Crippen molar-refractivity contribution in [3.05, 3.63) is 82.8 Å². The standard InChI is InChI=1S/C24H27N5O4/c1-15-23(16(2)28(27-15)21-6-4-5-7-22(21)29(31)32)17-8-9-19(14-17)26-24(30)25-18-10-12-20(33-3)13-11-18/h4-13,17,19,29,31H,14H2,1-3H3,(H2,25,26,30)/t17-,19+/m0/s1. The van der Waals surface area contributed by atoms with Crippen LogP contribution in [0.5, 0.6) is 5.75 Å². The molecular weight excluding hydrogens is 422 g/mol. The zero-order valence-electron chi connectivity index (χ0n) is 18.7. The Bertz CT molecular complexity index is 1170. The molecule has 4 N–H and O–H groups in total. The van der Waals surface area contributed by atoms with Gasteiger partial charge in [-0.2, -0.15) is 10.3 Å². The minimum atomic E-state index is -0.993. The van der Waals surface area contributed by atoms with Gasteiger partial charge in [0.15, 0.2) is 5.69 Å². The van der Waals surface area contributed by atoms with Crippen molar-refractivity contribution in [3.8, 4) is 11.4 Å². The number of methoxy groups -OCH3 is 1. The molecule has 1 unspecified atom stereocenters. The molecule has 0 spiro atoms. The summed E-state index contributed by atoms with van der Waals surface area (Å²) in [6.07, 6.45) is 4.76. The van der Waals surface area contributed by atoms with Gasteiger partial charge in [-0.25, -0.2) is 14.7 Å². The van der Waals surface area contributed by atoms with E-state index in [1.54, 1.807) is 60.3 Å². The van der Waals surface area contributed by atoms with Crippen LogP contribution in [0.1, 0.15) is 29.3 Å². The van der Waals surface area contributed by atoms with Crippen LogP contribution in [-0.4, -0.2) is 34.2 Å². The van der Waals surface area contributed by atoms with E-state index in [1.165, 1.54) is 0 Å². The quantitative estimate of drug-likeness (QED) is 0.341. The van der Waals surface area contributed by atoms with Crippen LogP contribution in [0.25, 0.3) is 5.69 Å². The molecule has 2 aromatic carbocycles. The molecule has 4 rings (SSSR count). The number of benzene rings is 2. The van der Waals surface area contributed by atoms with Gasteiger partial charge in [0.2, 0.25) is 0 Å². The summed E-state index contributed by atoms with van der Waals surface area (Å²) in [5, 5.41) is 30.7. The minimum absolute atomic E-state index is 0.0713. The SMILES string of the molecule is COc1ccc(NC(=O)N[C@@H]2C=C[C@H](c3c(C)nn(-c4ccccc4[NH+]([O-])O)c3C)C2)cc1. The fraction of sp³-hybridized carbons (Fsp3) is 0.250. The van der Waals surface area contributed by atoms with Crippen molar-refractivity contribution in [1.29, 1.82) is 0 Å². The number of anilines is 1. The average molecular weight is 450 g/mol. The summed E-state index contributed by atoms with van der Waals surface area (Å²) in [4.78, 5) is 12.4. The number of urea groups is 1. The van der Waals surface area contributed by atoms with Gasteiger partial charge < -0.3 is 20.6 Å². The molecule has 1 aliphatic carbocycles. The molecular formula is C24H27N5O4. The maximum Gasteiger partial charge on any atom is 0.319 e. The van der Waals surface area contributed by atoms with Crippen molar-refractivity contribution in [2.24, 2.45) is 0 Å². The number of hydrogen-bond donors (Lipinski definition) is 4.